The number of likely N-dealkylation sites (tertiary alicyclic amines) is 1. The predicted octanol–water partition coefficient (Wildman–Crippen LogP) is 2.64. The fraction of sp³-hybridized carbons (Fsp3) is 0.444. The van der Waals surface area contributed by atoms with Gasteiger partial charge in [0, 0.05) is 36.2 Å². The molecular formula is C27H32N4O6. The average molecular weight is 509 g/mol. The minimum absolute atomic E-state index is 0.0781. The van der Waals surface area contributed by atoms with Crippen LogP contribution in [0.5, 0.6) is 23.3 Å². The molecule has 1 saturated heterocycles. The fourth-order valence-corrected chi connectivity index (χ4v) is 6.21. The number of ether oxygens (including phenoxy) is 2. The van der Waals surface area contributed by atoms with Crippen molar-refractivity contribution >= 4 is 17.5 Å². The number of hydrogen-bond donors (Lipinski definition) is 3. The maximum absolute atomic E-state index is 13.1. The summed E-state index contributed by atoms with van der Waals surface area (Å²) >= 11 is 0. The number of hydrazone groups is 1. The minimum Gasteiger partial charge on any atom is -0.494 e. The highest BCUT2D eigenvalue weighted by Gasteiger charge is 2.55. The Morgan fingerprint density at radius 3 is 2.46 bits per heavy atom. The molecule has 1 aromatic carbocycles. The van der Waals surface area contributed by atoms with Crippen molar-refractivity contribution in [2.75, 3.05) is 27.3 Å². The van der Waals surface area contributed by atoms with Gasteiger partial charge in [-0.3, -0.25) is 14.2 Å². The standard InChI is InChI=1S/C27H32N4O6/c1-36-20-7-6-17(15-21(20)37-2)25-27(12-4-3-5-19(27)26(35)29-28-25)18-10-13-30(14-11-18)24(34)16-31-22(32)8-9-23(31)33/h3-4,6-9,15,18-19,32-33H,5,10-14,16H2,1-2H3,(H,29,35)/t19-,27-/m0/s1. The number of fused-ring (bicyclic) bond motifs is 1. The quantitative estimate of drug-likeness (QED) is 0.515. The van der Waals surface area contributed by atoms with E-state index >= 15 is 0 Å². The largest absolute Gasteiger partial charge is 0.494 e. The van der Waals surface area contributed by atoms with Crippen molar-refractivity contribution in [2.45, 2.75) is 32.2 Å². The van der Waals surface area contributed by atoms with Gasteiger partial charge in [0.15, 0.2) is 23.3 Å². The van der Waals surface area contributed by atoms with Gasteiger partial charge in [-0.25, -0.2) is 5.43 Å². The summed E-state index contributed by atoms with van der Waals surface area (Å²) in [6, 6.07) is 8.41. The molecule has 196 valence electrons. The van der Waals surface area contributed by atoms with Crippen LogP contribution in [0.3, 0.4) is 0 Å². The lowest BCUT2D eigenvalue weighted by molar-refractivity contribution is -0.136. The monoisotopic (exact) mass is 508 g/mol. The van der Waals surface area contributed by atoms with Crippen LogP contribution >= 0.6 is 0 Å². The third-order valence-corrected chi connectivity index (χ3v) is 8.11. The van der Waals surface area contributed by atoms with Gasteiger partial charge in [0.25, 0.3) is 0 Å². The van der Waals surface area contributed by atoms with Crippen LogP contribution in [0, 0.1) is 17.3 Å². The molecule has 37 heavy (non-hydrogen) atoms. The van der Waals surface area contributed by atoms with Crippen LogP contribution in [0.1, 0.15) is 31.2 Å². The van der Waals surface area contributed by atoms with Crippen molar-refractivity contribution in [3.05, 3.63) is 48.0 Å². The van der Waals surface area contributed by atoms with Crippen molar-refractivity contribution in [3.63, 3.8) is 0 Å². The van der Waals surface area contributed by atoms with E-state index in [1.54, 1.807) is 19.1 Å². The van der Waals surface area contributed by atoms with Crippen molar-refractivity contribution in [3.8, 4) is 23.3 Å². The molecule has 3 N–H and O–H groups in total. The number of carbonyl (C=O) groups excluding carboxylic acids is 2. The highest BCUT2D eigenvalue weighted by Crippen LogP contribution is 2.52. The molecule has 1 fully saturated rings. The van der Waals surface area contributed by atoms with Crippen LogP contribution in [0.2, 0.25) is 0 Å². The van der Waals surface area contributed by atoms with Crippen molar-refractivity contribution in [1.29, 1.82) is 0 Å². The van der Waals surface area contributed by atoms with E-state index in [9.17, 15) is 19.8 Å². The van der Waals surface area contributed by atoms with Crippen LogP contribution in [0.4, 0.5) is 0 Å². The molecule has 2 amide bonds. The smallest absolute Gasteiger partial charge is 0.244 e. The number of aromatic hydroxyl groups is 2. The molecule has 5 rings (SSSR count). The molecule has 1 aliphatic carbocycles. The first-order valence-electron chi connectivity index (χ1n) is 12.5. The summed E-state index contributed by atoms with van der Waals surface area (Å²) in [6.07, 6.45) is 6.93. The van der Waals surface area contributed by atoms with Gasteiger partial charge in [0.2, 0.25) is 11.8 Å². The van der Waals surface area contributed by atoms with Crippen LogP contribution in [-0.2, 0) is 16.1 Å². The van der Waals surface area contributed by atoms with E-state index < -0.39 is 5.41 Å². The Bertz CT molecular complexity index is 1240. The SMILES string of the molecule is COc1ccc(C2=NNC(=O)[C@@H]3CC=CC[C@@]23C2CCN(C(=O)Cn3c(O)ccc3O)CC2)cc1OC. The topological polar surface area (TPSA) is 126 Å². The molecule has 3 heterocycles. The first kappa shape index (κ1) is 24.7. The number of benzene rings is 1. The van der Waals surface area contributed by atoms with Crippen molar-refractivity contribution < 1.29 is 29.3 Å². The number of carbonyl (C=O) groups is 2. The Hall–Kier alpha value is -3.95. The van der Waals surface area contributed by atoms with Crippen LogP contribution in [-0.4, -0.2) is 64.5 Å². The van der Waals surface area contributed by atoms with E-state index in [-0.39, 0.29) is 42.0 Å². The van der Waals surface area contributed by atoms with Gasteiger partial charge in [-0.1, -0.05) is 12.2 Å². The fourth-order valence-electron chi connectivity index (χ4n) is 6.21. The van der Waals surface area contributed by atoms with E-state index in [0.29, 0.717) is 50.3 Å². The van der Waals surface area contributed by atoms with E-state index in [1.165, 1.54) is 16.7 Å². The molecule has 2 aromatic rings. The molecule has 0 unspecified atom stereocenters. The molecule has 2 atom stereocenters. The second-order valence-corrected chi connectivity index (χ2v) is 9.80. The first-order chi connectivity index (χ1) is 17.9. The maximum Gasteiger partial charge on any atom is 0.244 e. The van der Waals surface area contributed by atoms with E-state index in [1.807, 2.05) is 18.2 Å². The molecule has 0 saturated carbocycles. The number of aromatic nitrogens is 1. The molecule has 2 aliphatic heterocycles. The number of allylic oxidation sites excluding steroid dienone is 2. The van der Waals surface area contributed by atoms with Crippen LogP contribution in [0.15, 0.2) is 47.6 Å². The molecule has 1 aromatic heterocycles. The summed E-state index contributed by atoms with van der Waals surface area (Å²) in [6.45, 7) is 0.906. The zero-order chi connectivity index (χ0) is 26.2. The maximum atomic E-state index is 13.1. The highest BCUT2D eigenvalue weighted by atomic mass is 16.5. The van der Waals surface area contributed by atoms with E-state index in [4.69, 9.17) is 9.47 Å². The lowest BCUT2D eigenvalue weighted by Gasteiger charge is -2.51. The second-order valence-electron chi connectivity index (χ2n) is 9.80. The number of nitrogens with one attached hydrogen (secondary N) is 1. The minimum atomic E-state index is -0.511. The van der Waals surface area contributed by atoms with Crippen LogP contribution < -0.4 is 14.9 Å². The predicted molar refractivity (Wildman–Crippen MR) is 136 cm³/mol. The Morgan fingerprint density at radius 1 is 1.08 bits per heavy atom. The van der Waals surface area contributed by atoms with Gasteiger partial charge in [-0.2, -0.15) is 5.10 Å². The van der Waals surface area contributed by atoms with E-state index in [2.05, 4.69) is 22.7 Å². The number of piperidine rings is 1. The summed E-state index contributed by atoms with van der Waals surface area (Å²) in [5.74, 6) is 0.512. The van der Waals surface area contributed by atoms with Gasteiger partial charge in [-0.05, 0) is 49.8 Å². The zero-order valence-corrected chi connectivity index (χ0v) is 21.0. The Labute approximate surface area is 215 Å². The summed E-state index contributed by atoms with van der Waals surface area (Å²) in [5, 5.41) is 24.4. The molecule has 10 heteroatoms. The number of amides is 2. The lowest BCUT2D eigenvalue weighted by Crippen LogP contribution is -2.57. The summed E-state index contributed by atoms with van der Waals surface area (Å²) in [7, 11) is 3.18. The Balaban J connectivity index is 1.42. The van der Waals surface area contributed by atoms with Gasteiger partial charge in [-0.15, -0.1) is 0 Å². The zero-order valence-electron chi connectivity index (χ0n) is 21.0. The molecular weight excluding hydrogens is 476 g/mol. The molecule has 0 bridgehead atoms. The number of hydrogen-bond acceptors (Lipinski definition) is 7. The van der Waals surface area contributed by atoms with Crippen molar-refractivity contribution in [1.82, 2.24) is 14.9 Å². The van der Waals surface area contributed by atoms with Gasteiger partial charge < -0.3 is 24.6 Å². The highest BCUT2D eigenvalue weighted by molar-refractivity contribution is 6.10. The van der Waals surface area contributed by atoms with Gasteiger partial charge in [0.1, 0.15) is 6.54 Å². The van der Waals surface area contributed by atoms with Gasteiger partial charge >= 0.3 is 0 Å². The third-order valence-electron chi connectivity index (χ3n) is 8.11. The summed E-state index contributed by atoms with van der Waals surface area (Å²) < 4.78 is 12.1. The summed E-state index contributed by atoms with van der Waals surface area (Å²) in [4.78, 5) is 27.8. The van der Waals surface area contributed by atoms with Gasteiger partial charge in [0.05, 0.1) is 25.8 Å². The second kappa shape index (κ2) is 9.84. The molecule has 10 nitrogen and oxygen atoms in total. The number of nitrogens with zero attached hydrogens (tertiary/aromatic N) is 3. The Morgan fingerprint density at radius 2 is 1.78 bits per heavy atom. The first-order valence-corrected chi connectivity index (χ1v) is 12.5. The van der Waals surface area contributed by atoms with Crippen LogP contribution in [0.25, 0.3) is 0 Å². The average Bonchev–Trinajstić information content (AvgIpc) is 3.25. The number of methoxy groups -OCH3 is 2. The normalized spacial score (nSPS) is 23.7. The number of rotatable bonds is 6. The Kier molecular flexibility index (Phi) is 6.57. The summed E-state index contributed by atoms with van der Waals surface area (Å²) in [5.41, 5.74) is 3.94. The third kappa shape index (κ3) is 4.20. The van der Waals surface area contributed by atoms with E-state index in [0.717, 1.165) is 11.3 Å². The molecule has 0 radical (unpaired) electrons. The van der Waals surface area contributed by atoms with Crippen molar-refractivity contribution in [2.24, 2.45) is 22.4 Å². The molecule has 3 aliphatic rings. The lowest BCUT2D eigenvalue weighted by atomic mass is 9.55. The molecule has 0 spiro atoms.